The van der Waals surface area contributed by atoms with E-state index in [1.165, 1.54) is 6.08 Å². The number of carboxylic acids is 1. The first kappa shape index (κ1) is 40.9. The van der Waals surface area contributed by atoms with E-state index >= 15 is 0 Å². The number of benzene rings is 2. The molecule has 4 fully saturated rings. The van der Waals surface area contributed by atoms with Gasteiger partial charge in [-0.05, 0) is 158 Å². The summed E-state index contributed by atoms with van der Waals surface area (Å²) in [4.78, 5) is 36.4. The van der Waals surface area contributed by atoms with Crippen LogP contribution in [0.4, 0.5) is 8.78 Å². The SMILES string of the molecule is CCOC(=O)/C=C(\C)c1cc(F)c(Oc2ccc(CC(=O)N[C@H]3CC[C@@]4(C)[C@@H](C3)C[C@@H](O)[C@@H]3[C@@H]4C[C@H](C)[C@]4(C)[C@@H]([C@H](C)CCC(=O)O)CC[C@@H]34)cc2)c(F)c1. The number of aliphatic hydroxyl groups excluding tert-OH is 1. The highest BCUT2D eigenvalue weighted by atomic mass is 19.1. The van der Waals surface area contributed by atoms with Crippen LogP contribution in [0.25, 0.3) is 5.57 Å². The lowest BCUT2D eigenvalue weighted by Crippen LogP contribution is -2.61. The molecule has 4 saturated carbocycles. The molecule has 0 bridgehead atoms. The number of hydrogen-bond acceptors (Lipinski definition) is 6. The van der Waals surface area contributed by atoms with Gasteiger partial charge in [0.25, 0.3) is 0 Å². The standard InChI is InChI=1S/C45H59F2NO7/c1-7-54-41(53)18-26(3)29-21-36(46)43(37(47)22-29)55-32-11-9-28(10-12-32)20-39(50)48-31-16-17-44(5)30(23-31)24-38(49)42-34-14-13-33(25(2)8-15-40(51)52)45(34,6)27(4)19-35(42)44/h9-12,18,21-22,25,27,30-31,33-35,38,42,49H,7-8,13-17,19-20,23-24H2,1-6H3,(H,48,50)(H,51,52)/b26-18+/t25-,27+,30+,31+,33-,34+,35+,38-,42+,44+,45-/m1/s1. The first-order valence-corrected chi connectivity index (χ1v) is 20.4. The summed E-state index contributed by atoms with van der Waals surface area (Å²) >= 11 is 0. The maximum absolute atomic E-state index is 14.9. The maximum Gasteiger partial charge on any atom is 0.331 e. The van der Waals surface area contributed by atoms with Gasteiger partial charge in [0.2, 0.25) is 5.91 Å². The Morgan fingerprint density at radius 3 is 2.36 bits per heavy atom. The summed E-state index contributed by atoms with van der Waals surface area (Å²) in [6.07, 6.45) is 8.66. The Labute approximate surface area is 324 Å². The van der Waals surface area contributed by atoms with Crippen molar-refractivity contribution >= 4 is 23.4 Å². The van der Waals surface area contributed by atoms with E-state index in [1.807, 2.05) is 0 Å². The van der Waals surface area contributed by atoms with Crippen molar-refractivity contribution < 1.29 is 42.9 Å². The van der Waals surface area contributed by atoms with Crippen molar-refractivity contribution in [3.63, 3.8) is 0 Å². The van der Waals surface area contributed by atoms with Crippen LogP contribution in [0.2, 0.25) is 0 Å². The zero-order valence-corrected chi connectivity index (χ0v) is 33.2. The molecule has 4 aliphatic carbocycles. The monoisotopic (exact) mass is 763 g/mol. The van der Waals surface area contributed by atoms with Crippen LogP contribution in [0.5, 0.6) is 11.5 Å². The fourth-order valence-corrected chi connectivity index (χ4v) is 11.8. The van der Waals surface area contributed by atoms with Crippen LogP contribution < -0.4 is 10.1 Å². The second kappa shape index (κ2) is 16.4. The number of allylic oxidation sites excluding steroid dienone is 1. The minimum absolute atomic E-state index is 0.0267. The average Bonchev–Trinajstić information content (AvgIpc) is 3.48. The fraction of sp³-hybridized carbons (Fsp3) is 0.622. The molecule has 4 aliphatic rings. The van der Waals surface area contributed by atoms with Gasteiger partial charge in [0.15, 0.2) is 17.4 Å². The van der Waals surface area contributed by atoms with Gasteiger partial charge in [0.1, 0.15) is 5.75 Å². The number of aliphatic hydroxyl groups is 1. The lowest BCUT2D eigenvalue weighted by atomic mass is 9.41. The van der Waals surface area contributed by atoms with Crippen LogP contribution in [0.1, 0.15) is 110 Å². The van der Waals surface area contributed by atoms with E-state index in [0.717, 1.165) is 62.6 Å². The number of aliphatic carboxylic acids is 1. The van der Waals surface area contributed by atoms with E-state index in [4.69, 9.17) is 9.47 Å². The Balaban J connectivity index is 1.04. The summed E-state index contributed by atoms with van der Waals surface area (Å²) in [5.74, 6) is -0.841. The molecule has 55 heavy (non-hydrogen) atoms. The van der Waals surface area contributed by atoms with Crippen LogP contribution >= 0.6 is 0 Å². The summed E-state index contributed by atoms with van der Waals surface area (Å²) in [6, 6.07) is 8.80. The number of rotatable bonds is 12. The van der Waals surface area contributed by atoms with E-state index in [-0.39, 0.29) is 65.6 Å². The maximum atomic E-state index is 14.9. The number of hydrogen-bond donors (Lipinski definition) is 3. The molecule has 0 saturated heterocycles. The van der Waals surface area contributed by atoms with E-state index < -0.39 is 29.3 Å². The minimum atomic E-state index is -0.914. The lowest BCUT2D eigenvalue weighted by molar-refractivity contribution is -0.183. The second-order valence-corrected chi connectivity index (χ2v) is 17.7. The molecule has 0 unspecified atom stereocenters. The zero-order valence-electron chi connectivity index (χ0n) is 33.2. The summed E-state index contributed by atoms with van der Waals surface area (Å²) in [5, 5.41) is 24.5. The van der Waals surface area contributed by atoms with Crippen LogP contribution in [-0.2, 0) is 25.5 Å². The highest BCUT2D eigenvalue weighted by molar-refractivity contribution is 5.91. The normalized spacial score (nSPS) is 33.4. The predicted molar refractivity (Wildman–Crippen MR) is 206 cm³/mol. The third kappa shape index (κ3) is 8.21. The fourth-order valence-electron chi connectivity index (χ4n) is 11.8. The molecular weight excluding hydrogens is 704 g/mol. The highest BCUT2D eigenvalue weighted by Crippen LogP contribution is 2.70. The molecule has 11 atom stereocenters. The van der Waals surface area contributed by atoms with Gasteiger partial charge in [-0.1, -0.05) is 39.8 Å². The Kier molecular flexibility index (Phi) is 12.2. The number of amides is 1. The summed E-state index contributed by atoms with van der Waals surface area (Å²) < 4.78 is 40.3. The van der Waals surface area contributed by atoms with Crippen molar-refractivity contribution in [1.29, 1.82) is 0 Å². The van der Waals surface area contributed by atoms with Gasteiger partial charge in [0.05, 0.1) is 19.1 Å². The molecular formula is C45H59F2NO7. The Bertz CT molecular complexity index is 1760. The number of nitrogens with one attached hydrogen (secondary N) is 1. The first-order chi connectivity index (χ1) is 26.0. The summed E-state index contributed by atoms with van der Waals surface area (Å²) in [7, 11) is 0. The van der Waals surface area contributed by atoms with Gasteiger partial charge in [-0.25, -0.2) is 13.6 Å². The highest BCUT2D eigenvalue weighted by Gasteiger charge is 2.65. The minimum Gasteiger partial charge on any atom is -0.481 e. The third-order valence-electron chi connectivity index (χ3n) is 14.8. The average molecular weight is 764 g/mol. The number of carbonyl (C=O) groups excluding carboxylic acids is 2. The Morgan fingerprint density at radius 2 is 1.71 bits per heavy atom. The van der Waals surface area contributed by atoms with E-state index in [9.17, 15) is 33.4 Å². The molecule has 0 spiro atoms. The Morgan fingerprint density at radius 1 is 1.02 bits per heavy atom. The van der Waals surface area contributed by atoms with Crippen molar-refractivity contribution in [2.45, 2.75) is 118 Å². The number of fused-ring (bicyclic) bond motifs is 5. The van der Waals surface area contributed by atoms with Gasteiger partial charge in [-0.2, -0.15) is 0 Å². The second-order valence-electron chi connectivity index (χ2n) is 17.7. The van der Waals surface area contributed by atoms with Crippen molar-refractivity contribution in [3.05, 3.63) is 65.2 Å². The number of carbonyl (C=O) groups is 3. The van der Waals surface area contributed by atoms with Crippen molar-refractivity contribution in [2.75, 3.05) is 6.61 Å². The van der Waals surface area contributed by atoms with Crippen LogP contribution in [0.3, 0.4) is 0 Å². The predicted octanol–water partition coefficient (Wildman–Crippen LogP) is 9.13. The van der Waals surface area contributed by atoms with Gasteiger partial charge < -0.3 is 25.0 Å². The quantitative estimate of drug-likeness (QED) is 0.146. The van der Waals surface area contributed by atoms with Gasteiger partial charge in [-0.15, -0.1) is 0 Å². The van der Waals surface area contributed by atoms with Crippen molar-refractivity contribution in [2.24, 2.45) is 52.3 Å². The smallest absolute Gasteiger partial charge is 0.331 e. The number of carboxylic acid groups (broad SMARTS) is 1. The van der Waals surface area contributed by atoms with E-state index in [1.54, 1.807) is 38.1 Å². The van der Waals surface area contributed by atoms with E-state index in [0.29, 0.717) is 47.5 Å². The molecule has 0 heterocycles. The summed E-state index contributed by atoms with van der Waals surface area (Å²) in [6.45, 7) is 12.9. The number of esters is 1. The summed E-state index contributed by atoms with van der Waals surface area (Å²) in [5.41, 5.74) is 1.48. The van der Waals surface area contributed by atoms with Gasteiger partial charge in [-0.3, -0.25) is 9.59 Å². The molecule has 300 valence electrons. The molecule has 0 radical (unpaired) electrons. The molecule has 2 aromatic rings. The Hall–Kier alpha value is -3.79. The largest absolute Gasteiger partial charge is 0.481 e. The molecule has 6 rings (SSSR count). The van der Waals surface area contributed by atoms with Crippen LogP contribution in [0, 0.1) is 63.9 Å². The molecule has 10 heteroatoms. The first-order valence-electron chi connectivity index (χ1n) is 20.4. The van der Waals surface area contributed by atoms with Crippen molar-refractivity contribution in [1.82, 2.24) is 5.32 Å². The third-order valence-corrected chi connectivity index (χ3v) is 14.8. The molecule has 0 aromatic heterocycles. The molecule has 3 N–H and O–H groups in total. The zero-order chi connectivity index (χ0) is 39.8. The van der Waals surface area contributed by atoms with Gasteiger partial charge in [0, 0.05) is 18.5 Å². The topological polar surface area (TPSA) is 122 Å². The lowest BCUT2D eigenvalue weighted by Gasteiger charge is -2.64. The molecule has 1 amide bonds. The molecule has 8 nitrogen and oxygen atoms in total. The van der Waals surface area contributed by atoms with Crippen molar-refractivity contribution in [3.8, 4) is 11.5 Å². The molecule has 2 aromatic carbocycles. The van der Waals surface area contributed by atoms with E-state index in [2.05, 4.69) is 33.0 Å². The van der Waals surface area contributed by atoms with Crippen LogP contribution in [0.15, 0.2) is 42.5 Å². The number of halogens is 2. The number of ether oxygens (including phenoxy) is 2. The van der Waals surface area contributed by atoms with Gasteiger partial charge >= 0.3 is 11.9 Å². The molecule has 0 aliphatic heterocycles. The van der Waals surface area contributed by atoms with Crippen LogP contribution in [-0.4, -0.2) is 46.8 Å².